The number of carbonyl (C=O) groups excluding carboxylic acids is 1. The van der Waals surface area contributed by atoms with Crippen LogP contribution in [0.2, 0.25) is 0 Å². The topological polar surface area (TPSA) is 29.1 Å². The number of Topliss-reactive ketones (excluding diaryl/α,β-unsaturated/α-hetero) is 1. The van der Waals surface area contributed by atoms with Gasteiger partial charge in [-0.05, 0) is 38.0 Å². The van der Waals surface area contributed by atoms with E-state index in [0.29, 0.717) is 5.78 Å². The highest BCUT2D eigenvalue weighted by atomic mass is 16.1. The van der Waals surface area contributed by atoms with Gasteiger partial charge in [0.15, 0.2) is 5.78 Å². The first-order valence-electron chi connectivity index (χ1n) is 7.79. The van der Waals surface area contributed by atoms with E-state index < -0.39 is 0 Å². The van der Waals surface area contributed by atoms with Crippen molar-refractivity contribution in [2.45, 2.75) is 94.2 Å². The Kier molecular flexibility index (Phi) is 5.68. The molecule has 0 spiro atoms. The minimum absolute atomic E-state index is 0.0560. The van der Waals surface area contributed by atoms with E-state index in [-0.39, 0.29) is 27.8 Å². The summed E-state index contributed by atoms with van der Waals surface area (Å²) in [4.78, 5) is 12.8. The molecule has 1 unspecified atom stereocenters. The fourth-order valence-corrected chi connectivity index (χ4v) is 2.07. The lowest BCUT2D eigenvalue weighted by Gasteiger charge is -2.43. The van der Waals surface area contributed by atoms with Gasteiger partial charge in [-0.1, -0.05) is 55.4 Å². The van der Waals surface area contributed by atoms with Crippen LogP contribution in [0, 0.1) is 16.2 Å². The largest absolute Gasteiger partial charge is 0.303 e. The average molecular weight is 284 g/mol. The van der Waals surface area contributed by atoms with Crippen molar-refractivity contribution in [2.75, 3.05) is 0 Å². The molecule has 2 heteroatoms. The molecule has 2 nitrogen and oxygen atoms in total. The van der Waals surface area contributed by atoms with Crippen molar-refractivity contribution in [3.63, 3.8) is 0 Å². The van der Waals surface area contributed by atoms with Crippen molar-refractivity contribution in [1.82, 2.24) is 5.32 Å². The standard InChI is InChI=1S/C18H37NO/c1-15(2,3)14(20)13(19-17(7,8)9)12-18(10,11)16(4,5)6/h13,19H,12H2,1-11H3. The van der Waals surface area contributed by atoms with Crippen LogP contribution in [0.15, 0.2) is 0 Å². The van der Waals surface area contributed by atoms with Crippen LogP contribution in [0.1, 0.15) is 82.6 Å². The van der Waals surface area contributed by atoms with Gasteiger partial charge in [0.2, 0.25) is 0 Å². The van der Waals surface area contributed by atoms with Crippen LogP contribution in [-0.4, -0.2) is 17.4 Å². The van der Waals surface area contributed by atoms with Gasteiger partial charge in [0.25, 0.3) is 0 Å². The van der Waals surface area contributed by atoms with E-state index in [0.717, 1.165) is 6.42 Å². The van der Waals surface area contributed by atoms with E-state index in [9.17, 15) is 4.79 Å². The van der Waals surface area contributed by atoms with E-state index in [1.54, 1.807) is 0 Å². The SMILES string of the molecule is CC(C)(C)NC(CC(C)(C)C(C)(C)C)C(=O)C(C)(C)C. The van der Waals surface area contributed by atoms with E-state index in [1.807, 2.05) is 20.8 Å². The van der Waals surface area contributed by atoms with Gasteiger partial charge < -0.3 is 5.32 Å². The Morgan fingerprint density at radius 3 is 1.50 bits per heavy atom. The number of ketones is 1. The lowest BCUT2D eigenvalue weighted by Crippen LogP contribution is -2.53. The maximum absolute atomic E-state index is 12.8. The van der Waals surface area contributed by atoms with Crippen LogP contribution in [0.25, 0.3) is 0 Å². The second kappa shape index (κ2) is 5.79. The van der Waals surface area contributed by atoms with Crippen molar-refractivity contribution < 1.29 is 4.79 Å². The van der Waals surface area contributed by atoms with Crippen molar-refractivity contribution in [2.24, 2.45) is 16.2 Å². The molecule has 0 aliphatic rings. The number of hydrogen-bond acceptors (Lipinski definition) is 2. The van der Waals surface area contributed by atoms with Crippen molar-refractivity contribution >= 4 is 5.78 Å². The zero-order chi connectivity index (χ0) is 16.6. The quantitative estimate of drug-likeness (QED) is 0.801. The van der Waals surface area contributed by atoms with Gasteiger partial charge in [0, 0.05) is 11.0 Å². The molecule has 0 fully saturated rings. The Balaban J connectivity index is 5.32. The summed E-state index contributed by atoms with van der Waals surface area (Å²) >= 11 is 0. The lowest BCUT2D eigenvalue weighted by molar-refractivity contribution is -0.130. The van der Waals surface area contributed by atoms with Crippen LogP contribution in [0.5, 0.6) is 0 Å². The van der Waals surface area contributed by atoms with Crippen LogP contribution < -0.4 is 5.32 Å². The molecule has 1 atom stereocenters. The molecule has 20 heavy (non-hydrogen) atoms. The molecule has 120 valence electrons. The smallest absolute Gasteiger partial charge is 0.155 e. The monoisotopic (exact) mass is 283 g/mol. The molecule has 0 aromatic carbocycles. The number of hydrogen-bond donors (Lipinski definition) is 1. The second-order valence-electron chi connectivity index (χ2n) is 9.90. The molecule has 0 saturated carbocycles. The Bertz CT molecular complexity index is 334. The van der Waals surface area contributed by atoms with Gasteiger partial charge in [-0.15, -0.1) is 0 Å². The summed E-state index contributed by atoms with van der Waals surface area (Å²) in [5.74, 6) is 0.310. The first kappa shape index (κ1) is 19.6. The van der Waals surface area contributed by atoms with Gasteiger partial charge in [0.1, 0.15) is 0 Å². The highest BCUT2D eigenvalue weighted by Gasteiger charge is 2.40. The third kappa shape index (κ3) is 5.95. The number of nitrogens with one attached hydrogen (secondary N) is 1. The summed E-state index contributed by atoms with van der Waals surface area (Å²) in [6.07, 6.45) is 0.865. The van der Waals surface area contributed by atoms with E-state index in [2.05, 4.69) is 60.7 Å². The van der Waals surface area contributed by atoms with E-state index in [1.165, 1.54) is 0 Å². The van der Waals surface area contributed by atoms with E-state index in [4.69, 9.17) is 0 Å². The third-order valence-corrected chi connectivity index (χ3v) is 4.41. The van der Waals surface area contributed by atoms with Crippen LogP contribution in [0.3, 0.4) is 0 Å². The van der Waals surface area contributed by atoms with Crippen molar-refractivity contribution in [1.29, 1.82) is 0 Å². The highest BCUT2D eigenvalue weighted by molar-refractivity contribution is 5.88. The predicted molar refractivity (Wildman–Crippen MR) is 89.0 cm³/mol. The minimum atomic E-state index is -0.309. The molecule has 0 aromatic heterocycles. The molecule has 0 aliphatic heterocycles. The normalized spacial score (nSPS) is 16.1. The fraction of sp³-hybridized carbons (Fsp3) is 0.944. The summed E-state index contributed by atoms with van der Waals surface area (Å²) in [6.45, 7) is 23.7. The van der Waals surface area contributed by atoms with Gasteiger partial charge in [-0.25, -0.2) is 0 Å². The van der Waals surface area contributed by atoms with Gasteiger partial charge in [-0.2, -0.15) is 0 Å². The molecule has 1 N–H and O–H groups in total. The first-order chi connectivity index (χ1) is 8.47. The molecule has 0 heterocycles. The van der Waals surface area contributed by atoms with Gasteiger partial charge >= 0.3 is 0 Å². The van der Waals surface area contributed by atoms with Gasteiger partial charge in [-0.3, -0.25) is 4.79 Å². The Hall–Kier alpha value is -0.370. The summed E-state index contributed by atoms with van der Waals surface area (Å²) in [6, 6.07) is -0.0933. The lowest BCUT2D eigenvalue weighted by atomic mass is 9.64. The number of rotatable bonds is 4. The molecule has 0 saturated heterocycles. The second-order valence-corrected chi connectivity index (χ2v) is 9.90. The molecule has 0 bridgehead atoms. The first-order valence-corrected chi connectivity index (χ1v) is 7.79. The Morgan fingerprint density at radius 1 is 0.850 bits per heavy atom. The minimum Gasteiger partial charge on any atom is -0.303 e. The maximum Gasteiger partial charge on any atom is 0.155 e. The Labute approximate surface area is 127 Å². The molecule has 0 rings (SSSR count). The molecule has 0 radical (unpaired) electrons. The van der Waals surface area contributed by atoms with Crippen LogP contribution in [-0.2, 0) is 4.79 Å². The molecule has 0 aliphatic carbocycles. The summed E-state index contributed by atoms with van der Waals surface area (Å²) in [7, 11) is 0. The molecular weight excluding hydrogens is 246 g/mol. The molecule has 0 amide bonds. The zero-order valence-electron chi connectivity index (χ0n) is 15.7. The summed E-state index contributed by atoms with van der Waals surface area (Å²) in [5, 5.41) is 3.54. The number of carbonyl (C=O) groups is 1. The Morgan fingerprint density at radius 2 is 1.25 bits per heavy atom. The average Bonchev–Trinajstić information content (AvgIpc) is 2.09. The van der Waals surface area contributed by atoms with Crippen molar-refractivity contribution in [3.8, 4) is 0 Å². The summed E-state index contributed by atoms with van der Waals surface area (Å²) in [5.41, 5.74) is -0.101. The zero-order valence-corrected chi connectivity index (χ0v) is 15.7. The molecular formula is C18H37NO. The highest BCUT2D eigenvalue weighted by Crippen LogP contribution is 2.42. The van der Waals surface area contributed by atoms with Gasteiger partial charge in [0.05, 0.1) is 6.04 Å². The molecule has 0 aromatic rings. The van der Waals surface area contributed by atoms with E-state index >= 15 is 0 Å². The maximum atomic E-state index is 12.8. The van der Waals surface area contributed by atoms with Crippen LogP contribution >= 0.6 is 0 Å². The predicted octanol–water partition coefficient (Wildman–Crippen LogP) is 4.82. The van der Waals surface area contributed by atoms with Crippen LogP contribution in [0.4, 0.5) is 0 Å². The summed E-state index contributed by atoms with van der Waals surface area (Å²) < 4.78 is 0. The third-order valence-electron chi connectivity index (χ3n) is 4.41. The van der Waals surface area contributed by atoms with Crippen molar-refractivity contribution in [3.05, 3.63) is 0 Å². The fourth-order valence-electron chi connectivity index (χ4n) is 2.07.